The van der Waals surface area contributed by atoms with Crippen molar-refractivity contribution >= 4 is 46.2 Å². The molecule has 0 saturated heterocycles. The van der Waals surface area contributed by atoms with Crippen molar-refractivity contribution in [3.05, 3.63) is 10.0 Å². The standard InChI is InChI=1S/C11H16N4S4/c1-8-12-14-10(18-8)16-6-4-3-5-7-17-11-15-13-9(2)19-11/h3-7H2,1-2H3. The van der Waals surface area contributed by atoms with Gasteiger partial charge in [-0.2, -0.15) is 0 Å². The molecule has 0 saturated carbocycles. The van der Waals surface area contributed by atoms with E-state index in [1.807, 2.05) is 37.4 Å². The number of nitrogens with zero attached hydrogens (tertiary/aromatic N) is 4. The van der Waals surface area contributed by atoms with Crippen molar-refractivity contribution in [2.24, 2.45) is 0 Å². The van der Waals surface area contributed by atoms with E-state index in [-0.39, 0.29) is 0 Å². The van der Waals surface area contributed by atoms with Crippen molar-refractivity contribution in [3.8, 4) is 0 Å². The summed E-state index contributed by atoms with van der Waals surface area (Å²) in [4.78, 5) is 0. The highest BCUT2D eigenvalue weighted by atomic mass is 32.2. The Kier molecular flexibility index (Phi) is 6.55. The van der Waals surface area contributed by atoms with Gasteiger partial charge in [-0.05, 0) is 26.7 Å². The van der Waals surface area contributed by atoms with E-state index in [1.165, 1.54) is 19.3 Å². The SMILES string of the molecule is Cc1nnc(SCCCCCSc2nnc(C)s2)s1. The molecule has 0 spiro atoms. The zero-order valence-corrected chi connectivity index (χ0v) is 14.2. The lowest BCUT2D eigenvalue weighted by Crippen LogP contribution is -1.84. The third kappa shape index (κ3) is 5.76. The van der Waals surface area contributed by atoms with E-state index in [0.717, 1.165) is 30.2 Å². The van der Waals surface area contributed by atoms with E-state index in [4.69, 9.17) is 0 Å². The van der Waals surface area contributed by atoms with E-state index in [2.05, 4.69) is 20.4 Å². The molecule has 2 aromatic heterocycles. The predicted octanol–water partition coefficient (Wildman–Crippen LogP) is 4.06. The first kappa shape index (κ1) is 15.2. The smallest absolute Gasteiger partial charge is 0.143 e. The van der Waals surface area contributed by atoms with Crippen molar-refractivity contribution in [2.75, 3.05) is 11.5 Å². The van der Waals surface area contributed by atoms with Gasteiger partial charge in [-0.25, -0.2) is 0 Å². The molecule has 0 aromatic carbocycles. The third-order valence-electron chi connectivity index (χ3n) is 2.25. The average Bonchev–Trinajstić information content (AvgIpc) is 2.97. The van der Waals surface area contributed by atoms with Gasteiger partial charge in [0.25, 0.3) is 0 Å². The highest BCUT2D eigenvalue weighted by Crippen LogP contribution is 2.25. The molecule has 0 N–H and O–H groups in total. The van der Waals surface area contributed by atoms with Gasteiger partial charge in [0, 0.05) is 11.5 Å². The minimum absolute atomic E-state index is 1.05. The Balaban J connectivity index is 1.48. The second-order valence-electron chi connectivity index (χ2n) is 3.93. The van der Waals surface area contributed by atoms with Crippen LogP contribution in [-0.2, 0) is 0 Å². The molecule has 0 fully saturated rings. The monoisotopic (exact) mass is 332 g/mol. The van der Waals surface area contributed by atoms with Crippen LogP contribution >= 0.6 is 46.2 Å². The summed E-state index contributed by atoms with van der Waals surface area (Å²) in [6.07, 6.45) is 3.73. The van der Waals surface area contributed by atoms with Crippen LogP contribution < -0.4 is 0 Å². The Morgan fingerprint density at radius 3 is 1.58 bits per heavy atom. The van der Waals surface area contributed by atoms with Crippen LogP contribution in [0.3, 0.4) is 0 Å². The molecule has 104 valence electrons. The van der Waals surface area contributed by atoms with Gasteiger partial charge >= 0.3 is 0 Å². The normalized spacial score (nSPS) is 11.1. The topological polar surface area (TPSA) is 51.6 Å². The van der Waals surface area contributed by atoms with Crippen LogP contribution in [0.1, 0.15) is 29.3 Å². The fraction of sp³-hybridized carbons (Fsp3) is 0.636. The number of hydrogen-bond acceptors (Lipinski definition) is 8. The van der Waals surface area contributed by atoms with Crippen molar-refractivity contribution in [2.45, 2.75) is 41.8 Å². The highest BCUT2D eigenvalue weighted by Gasteiger charge is 2.02. The lowest BCUT2D eigenvalue weighted by molar-refractivity contribution is 0.784. The van der Waals surface area contributed by atoms with Gasteiger partial charge in [0.2, 0.25) is 0 Å². The Morgan fingerprint density at radius 2 is 1.21 bits per heavy atom. The van der Waals surface area contributed by atoms with Crippen molar-refractivity contribution in [3.63, 3.8) is 0 Å². The summed E-state index contributed by atoms with van der Waals surface area (Å²) < 4.78 is 2.19. The zero-order valence-electron chi connectivity index (χ0n) is 11.0. The molecule has 8 heteroatoms. The van der Waals surface area contributed by atoms with E-state index in [0.29, 0.717) is 0 Å². The second-order valence-corrected chi connectivity index (χ2v) is 8.98. The average molecular weight is 333 g/mol. The summed E-state index contributed by atoms with van der Waals surface area (Å²) in [5.74, 6) is 2.27. The molecule has 2 heterocycles. The largest absolute Gasteiger partial charge is 0.174 e. The fourth-order valence-corrected chi connectivity index (χ4v) is 5.14. The van der Waals surface area contributed by atoms with Crippen molar-refractivity contribution in [1.82, 2.24) is 20.4 Å². The summed E-state index contributed by atoms with van der Waals surface area (Å²) in [5.41, 5.74) is 0. The number of thioether (sulfide) groups is 2. The minimum Gasteiger partial charge on any atom is -0.143 e. The Labute approximate surface area is 129 Å². The second kappa shape index (κ2) is 8.18. The van der Waals surface area contributed by atoms with Gasteiger partial charge in [-0.15, -0.1) is 20.4 Å². The Hall–Kier alpha value is -0.180. The van der Waals surface area contributed by atoms with Crippen LogP contribution in [0.15, 0.2) is 8.68 Å². The van der Waals surface area contributed by atoms with E-state index in [9.17, 15) is 0 Å². The molecule has 0 radical (unpaired) electrons. The summed E-state index contributed by atoms with van der Waals surface area (Å²) in [7, 11) is 0. The maximum Gasteiger partial charge on any atom is 0.174 e. The van der Waals surface area contributed by atoms with Crippen molar-refractivity contribution in [1.29, 1.82) is 0 Å². The lowest BCUT2D eigenvalue weighted by Gasteiger charge is -1.98. The number of aromatic nitrogens is 4. The number of rotatable bonds is 8. The number of unbranched alkanes of at least 4 members (excludes halogenated alkanes) is 2. The molecule has 2 rings (SSSR count). The summed E-state index contributed by atoms with van der Waals surface area (Å²) in [5, 5.41) is 18.3. The van der Waals surface area contributed by atoms with E-state index in [1.54, 1.807) is 22.7 Å². The van der Waals surface area contributed by atoms with Crippen LogP contribution in [0.4, 0.5) is 0 Å². The summed E-state index contributed by atoms with van der Waals surface area (Å²) in [6, 6.07) is 0. The summed E-state index contributed by atoms with van der Waals surface area (Å²) >= 11 is 6.99. The van der Waals surface area contributed by atoms with Gasteiger partial charge in [0.1, 0.15) is 10.0 Å². The maximum absolute atomic E-state index is 4.11. The zero-order chi connectivity index (χ0) is 13.5. The molecule has 0 bridgehead atoms. The lowest BCUT2D eigenvalue weighted by atomic mass is 10.3. The van der Waals surface area contributed by atoms with Gasteiger partial charge in [-0.1, -0.05) is 52.6 Å². The third-order valence-corrected chi connectivity index (χ3v) is 6.37. The fourth-order valence-electron chi connectivity index (χ4n) is 1.37. The molecular weight excluding hydrogens is 316 g/mol. The number of aryl methyl sites for hydroxylation is 2. The first-order valence-corrected chi connectivity index (χ1v) is 9.70. The van der Waals surface area contributed by atoms with Gasteiger partial charge in [-0.3, -0.25) is 0 Å². The van der Waals surface area contributed by atoms with Crippen LogP contribution in [0.25, 0.3) is 0 Å². The molecule has 0 atom stereocenters. The molecule has 2 aromatic rings. The van der Waals surface area contributed by atoms with Crippen LogP contribution in [0, 0.1) is 13.8 Å². The van der Waals surface area contributed by atoms with E-state index < -0.39 is 0 Å². The Morgan fingerprint density at radius 1 is 0.737 bits per heavy atom. The first-order chi connectivity index (χ1) is 9.24. The molecular formula is C11H16N4S4. The quantitative estimate of drug-likeness (QED) is 0.537. The summed E-state index contributed by atoms with van der Waals surface area (Å²) in [6.45, 7) is 3.99. The van der Waals surface area contributed by atoms with Gasteiger partial charge in [0.05, 0.1) is 0 Å². The molecule has 0 aliphatic heterocycles. The molecule has 0 unspecified atom stereocenters. The molecule has 0 amide bonds. The number of hydrogen-bond donors (Lipinski definition) is 0. The Bertz CT molecular complexity index is 452. The molecule has 0 aliphatic rings. The van der Waals surface area contributed by atoms with Crippen LogP contribution in [0.5, 0.6) is 0 Å². The van der Waals surface area contributed by atoms with Crippen LogP contribution in [0.2, 0.25) is 0 Å². The first-order valence-electron chi connectivity index (χ1n) is 6.10. The molecule has 4 nitrogen and oxygen atoms in total. The molecule has 19 heavy (non-hydrogen) atoms. The molecule has 0 aliphatic carbocycles. The maximum atomic E-state index is 4.11. The van der Waals surface area contributed by atoms with E-state index >= 15 is 0 Å². The van der Waals surface area contributed by atoms with Crippen LogP contribution in [-0.4, -0.2) is 31.9 Å². The van der Waals surface area contributed by atoms with Gasteiger partial charge < -0.3 is 0 Å². The predicted molar refractivity (Wildman–Crippen MR) is 84.6 cm³/mol. The van der Waals surface area contributed by atoms with Crippen molar-refractivity contribution < 1.29 is 0 Å². The minimum atomic E-state index is 1.05. The highest BCUT2D eigenvalue weighted by molar-refractivity contribution is 8.01. The van der Waals surface area contributed by atoms with Gasteiger partial charge in [0.15, 0.2) is 8.68 Å².